The minimum atomic E-state index is 0.0633. The van der Waals surface area contributed by atoms with Gasteiger partial charge in [0.15, 0.2) is 0 Å². The highest BCUT2D eigenvalue weighted by molar-refractivity contribution is 6.35. The van der Waals surface area contributed by atoms with Crippen LogP contribution in [0.4, 0.5) is 0 Å². The first kappa shape index (κ1) is 14.3. The molecule has 0 aliphatic heterocycles. The molecular weight excluding hydrogens is 256 g/mol. The summed E-state index contributed by atoms with van der Waals surface area (Å²) in [6.07, 6.45) is 0.909. The van der Waals surface area contributed by atoms with Gasteiger partial charge in [-0.3, -0.25) is 4.98 Å². The van der Waals surface area contributed by atoms with Gasteiger partial charge in [0.05, 0.1) is 10.5 Å². The summed E-state index contributed by atoms with van der Waals surface area (Å²) in [4.78, 5) is 4.64. The second kappa shape index (κ2) is 5.10. The van der Waals surface area contributed by atoms with Gasteiger partial charge in [0.2, 0.25) is 0 Å². The monoisotopic (exact) mass is 276 g/mol. The Labute approximate surface area is 120 Å². The van der Waals surface area contributed by atoms with Gasteiger partial charge < -0.3 is 5.73 Å². The standard InChI is InChI=1S/C16H21ClN2/c1-10-5-6-13(17)14-12(8-16(3,4)9-18)7-11(2)19-15(10)14/h5-7H,8-9,18H2,1-4H3. The van der Waals surface area contributed by atoms with Gasteiger partial charge in [-0.25, -0.2) is 0 Å². The van der Waals surface area contributed by atoms with Crippen LogP contribution in [-0.4, -0.2) is 11.5 Å². The van der Waals surface area contributed by atoms with E-state index in [1.807, 2.05) is 19.1 Å². The minimum Gasteiger partial charge on any atom is -0.330 e. The maximum atomic E-state index is 6.39. The number of aryl methyl sites for hydroxylation is 2. The summed E-state index contributed by atoms with van der Waals surface area (Å²) in [7, 11) is 0. The molecule has 19 heavy (non-hydrogen) atoms. The lowest BCUT2D eigenvalue weighted by Crippen LogP contribution is -2.26. The Hall–Kier alpha value is -1.12. The van der Waals surface area contributed by atoms with E-state index in [-0.39, 0.29) is 5.41 Å². The van der Waals surface area contributed by atoms with Crippen LogP contribution < -0.4 is 5.73 Å². The molecule has 0 radical (unpaired) electrons. The van der Waals surface area contributed by atoms with Gasteiger partial charge in [0.25, 0.3) is 0 Å². The average Bonchev–Trinajstić information content (AvgIpc) is 2.33. The number of fused-ring (bicyclic) bond motifs is 1. The number of hydrogen-bond acceptors (Lipinski definition) is 2. The maximum Gasteiger partial charge on any atom is 0.0752 e. The van der Waals surface area contributed by atoms with Crippen LogP contribution in [0.3, 0.4) is 0 Å². The molecule has 0 fully saturated rings. The molecule has 2 rings (SSSR count). The molecule has 0 unspecified atom stereocenters. The van der Waals surface area contributed by atoms with E-state index >= 15 is 0 Å². The number of aromatic nitrogens is 1. The summed E-state index contributed by atoms with van der Waals surface area (Å²) in [6.45, 7) is 9.11. The predicted octanol–water partition coefficient (Wildman–Crippen LogP) is 4.03. The Balaban J connectivity index is 2.70. The molecule has 0 aliphatic carbocycles. The molecule has 0 saturated carbocycles. The van der Waals surface area contributed by atoms with Crippen molar-refractivity contribution in [2.24, 2.45) is 11.1 Å². The highest BCUT2D eigenvalue weighted by atomic mass is 35.5. The summed E-state index contributed by atoms with van der Waals surface area (Å²) in [5.74, 6) is 0. The van der Waals surface area contributed by atoms with E-state index in [2.05, 4.69) is 31.8 Å². The normalized spacial score (nSPS) is 12.1. The van der Waals surface area contributed by atoms with Crippen LogP contribution in [0.15, 0.2) is 18.2 Å². The largest absolute Gasteiger partial charge is 0.330 e. The van der Waals surface area contributed by atoms with E-state index in [0.717, 1.165) is 33.6 Å². The molecule has 0 spiro atoms. The van der Waals surface area contributed by atoms with Crippen LogP contribution in [0.1, 0.15) is 30.7 Å². The number of rotatable bonds is 3. The Morgan fingerprint density at radius 2 is 1.95 bits per heavy atom. The summed E-state index contributed by atoms with van der Waals surface area (Å²) < 4.78 is 0. The van der Waals surface area contributed by atoms with Crippen molar-refractivity contribution in [3.63, 3.8) is 0 Å². The molecule has 3 heteroatoms. The Kier molecular flexibility index (Phi) is 3.84. The summed E-state index contributed by atoms with van der Waals surface area (Å²) in [5.41, 5.74) is 10.4. The maximum absolute atomic E-state index is 6.39. The molecule has 1 aromatic carbocycles. The van der Waals surface area contributed by atoms with Crippen LogP contribution in [-0.2, 0) is 6.42 Å². The highest BCUT2D eigenvalue weighted by Crippen LogP contribution is 2.32. The van der Waals surface area contributed by atoms with Gasteiger partial charge >= 0.3 is 0 Å². The van der Waals surface area contributed by atoms with E-state index < -0.39 is 0 Å². The first-order chi connectivity index (χ1) is 8.84. The van der Waals surface area contributed by atoms with Crippen LogP contribution >= 0.6 is 11.6 Å². The topological polar surface area (TPSA) is 38.9 Å². The minimum absolute atomic E-state index is 0.0633. The van der Waals surface area contributed by atoms with Crippen molar-refractivity contribution in [1.29, 1.82) is 0 Å². The van der Waals surface area contributed by atoms with Crippen molar-refractivity contribution in [3.8, 4) is 0 Å². The molecule has 2 nitrogen and oxygen atoms in total. The van der Waals surface area contributed by atoms with Gasteiger partial charge in [0.1, 0.15) is 0 Å². The molecular formula is C16H21ClN2. The van der Waals surface area contributed by atoms with E-state index in [1.165, 1.54) is 5.56 Å². The smallest absolute Gasteiger partial charge is 0.0752 e. The number of pyridine rings is 1. The van der Waals surface area contributed by atoms with Crippen molar-refractivity contribution in [1.82, 2.24) is 4.98 Å². The van der Waals surface area contributed by atoms with Crippen LogP contribution in [0.25, 0.3) is 10.9 Å². The third-order valence-corrected chi connectivity index (χ3v) is 3.86. The lowest BCUT2D eigenvalue weighted by molar-refractivity contribution is 0.378. The first-order valence-electron chi connectivity index (χ1n) is 6.59. The fourth-order valence-electron chi connectivity index (χ4n) is 2.38. The van der Waals surface area contributed by atoms with Crippen molar-refractivity contribution < 1.29 is 0 Å². The van der Waals surface area contributed by atoms with Crippen LogP contribution in [0.5, 0.6) is 0 Å². The van der Waals surface area contributed by atoms with Crippen molar-refractivity contribution in [2.45, 2.75) is 34.1 Å². The zero-order valence-electron chi connectivity index (χ0n) is 12.0. The predicted molar refractivity (Wildman–Crippen MR) is 82.8 cm³/mol. The number of halogens is 1. The lowest BCUT2D eigenvalue weighted by Gasteiger charge is -2.24. The molecule has 2 aromatic rings. The number of benzene rings is 1. The van der Waals surface area contributed by atoms with Gasteiger partial charge in [-0.05, 0) is 55.5 Å². The summed E-state index contributed by atoms with van der Waals surface area (Å²) >= 11 is 6.39. The third kappa shape index (κ3) is 2.90. The van der Waals surface area contributed by atoms with E-state index in [9.17, 15) is 0 Å². The number of nitrogens with two attached hydrogens (primary N) is 1. The molecule has 102 valence electrons. The Morgan fingerprint density at radius 1 is 1.26 bits per heavy atom. The molecule has 1 aromatic heterocycles. The van der Waals surface area contributed by atoms with Gasteiger partial charge in [-0.2, -0.15) is 0 Å². The molecule has 0 saturated heterocycles. The molecule has 0 atom stereocenters. The van der Waals surface area contributed by atoms with Crippen LogP contribution in [0, 0.1) is 19.3 Å². The third-order valence-electron chi connectivity index (χ3n) is 3.54. The summed E-state index contributed by atoms with van der Waals surface area (Å²) in [6, 6.07) is 6.11. The van der Waals surface area contributed by atoms with Crippen molar-refractivity contribution in [2.75, 3.05) is 6.54 Å². The SMILES string of the molecule is Cc1cc(CC(C)(C)CN)c2c(Cl)ccc(C)c2n1. The Morgan fingerprint density at radius 3 is 2.58 bits per heavy atom. The second-order valence-corrected chi connectivity index (χ2v) is 6.46. The second-order valence-electron chi connectivity index (χ2n) is 6.06. The highest BCUT2D eigenvalue weighted by Gasteiger charge is 2.19. The zero-order valence-corrected chi connectivity index (χ0v) is 12.8. The van der Waals surface area contributed by atoms with E-state index in [1.54, 1.807) is 0 Å². The van der Waals surface area contributed by atoms with Crippen molar-refractivity contribution in [3.05, 3.63) is 40.0 Å². The molecule has 1 heterocycles. The number of nitrogens with zero attached hydrogens (tertiary/aromatic N) is 1. The summed E-state index contributed by atoms with van der Waals surface area (Å²) in [5, 5.41) is 1.85. The lowest BCUT2D eigenvalue weighted by atomic mass is 9.84. The quantitative estimate of drug-likeness (QED) is 0.919. The number of hydrogen-bond donors (Lipinski definition) is 1. The first-order valence-corrected chi connectivity index (χ1v) is 6.97. The fourth-order valence-corrected chi connectivity index (χ4v) is 2.65. The Bertz CT molecular complexity index is 618. The van der Waals surface area contributed by atoms with E-state index in [0.29, 0.717) is 6.54 Å². The van der Waals surface area contributed by atoms with Gasteiger partial charge in [-0.1, -0.05) is 31.5 Å². The van der Waals surface area contributed by atoms with Crippen molar-refractivity contribution >= 4 is 22.5 Å². The van der Waals surface area contributed by atoms with E-state index in [4.69, 9.17) is 17.3 Å². The van der Waals surface area contributed by atoms with Gasteiger partial charge in [0, 0.05) is 11.1 Å². The molecule has 0 bridgehead atoms. The molecule has 2 N–H and O–H groups in total. The molecule has 0 amide bonds. The zero-order chi connectivity index (χ0) is 14.2. The fraction of sp³-hybridized carbons (Fsp3) is 0.438. The van der Waals surface area contributed by atoms with Gasteiger partial charge in [-0.15, -0.1) is 0 Å². The molecule has 0 aliphatic rings. The average molecular weight is 277 g/mol. The van der Waals surface area contributed by atoms with Crippen LogP contribution in [0.2, 0.25) is 5.02 Å².